The molecule has 0 aliphatic carbocycles. The number of carbonyl (C=O) groups excluding carboxylic acids is 1. The lowest BCUT2D eigenvalue weighted by Gasteiger charge is -2.23. The zero-order valence-corrected chi connectivity index (χ0v) is 24.0. The molecule has 1 atom stereocenters. The van der Waals surface area contributed by atoms with Gasteiger partial charge < -0.3 is 10.6 Å². The Morgan fingerprint density at radius 1 is 0.978 bits per heavy atom. The summed E-state index contributed by atoms with van der Waals surface area (Å²) < 4.78 is 108. The Balaban J connectivity index is 1.39. The van der Waals surface area contributed by atoms with Crippen LogP contribution >= 0.6 is 0 Å². The first kappa shape index (κ1) is 31.9. The highest BCUT2D eigenvalue weighted by molar-refractivity contribution is 7.89. The van der Waals surface area contributed by atoms with E-state index in [0.29, 0.717) is 21.2 Å². The number of benzene rings is 2. The van der Waals surface area contributed by atoms with E-state index >= 15 is 0 Å². The summed E-state index contributed by atoms with van der Waals surface area (Å²) in [5.74, 6) is -4.91. The summed E-state index contributed by atoms with van der Waals surface area (Å²) in [7, 11) is -4.58. The van der Waals surface area contributed by atoms with Gasteiger partial charge in [0.15, 0.2) is 0 Å². The van der Waals surface area contributed by atoms with Gasteiger partial charge in [-0.3, -0.25) is 9.78 Å². The molecule has 8 nitrogen and oxygen atoms in total. The molecule has 0 saturated carbocycles. The minimum Gasteiger partial charge on any atom is -0.366 e. The monoisotopic (exact) mass is 649 g/mol. The number of carbonyl (C=O) groups is 1. The SMILES string of the molecule is O=C(NCc1cc(NCc2cccnc2)nc(-c2ccc(C(F)(F)F)cc2)c1)C1CC(F)(F)CN1S(=O)(=O)c1ccc(F)cc1. The van der Waals surface area contributed by atoms with Gasteiger partial charge in [-0.1, -0.05) is 18.2 Å². The maximum atomic E-state index is 14.5. The van der Waals surface area contributed by atoms with Gasteiger partial charge in [0, 0.05) is 37.5 Å². The van der Waals surface area contributed by atoms with Crippen molar-refractivity contribution in [1.29, 1.82) is 0 Å². The number of pyridine rings is 2. The molecule has 1 aliphatic rings. The number of amides is 1. The second-order valence-corrected chi connectivity index (χ2v) is 12.2. The second kappa shape index (κ2) is 12.5. The number of aromatic nitrogens is 2. The molecule has 236 valence electrons. The van der Waals surface area contributed by atoms with E-state index in [1.54, 1.807) is 24.5 Å². The number of hydrogen-bond donors (Lipinski definition) is 2. The molecule has 1 saturated heterocycles. The van der Waals surface area contributed by atoms with Crippen molar-refractivity contribution in [3.05, 3.63) is 108 Å². The van der Waals surface area contributed by atoms with Gasteiger partial charge in [-0.15, -0.1) is 0 Å². The smallest absolute Gasteiger partial charge is 0.366 e. The van der Waals surface area contributed by atoms with Crippen molar-refractivity contribution >= 4 is 21.7 Å². The van der Waals surface area contributed by atoms with Crippen LogP contribution in [0.15, 0.2) is 90.1 Å². The first-order chi connectivity index (χ1) is 21.2. The fourth-order valence-electron chi connectivity index (χ4n) is 4.77. The van der Waals surface area contributed by atoms with Gasteiger partial charge in [0.2, 0.25) is 15.9 Å². The summed E-state index contributed by atoms with van der Waals surface area (Å²) in [6, 6.07) is 12.8. The van der Waals surface area contributed by atoms with Gasteiger partial charge >= 0.3 is 6.18 Å². The van der Waals surface area contributed by atoms with Crippen molar-refractivity contribution in [3.8, 4) is 11.3 Å². The molecular weight excluding hydrogens is 624 g/mol. The molecule has 45 heavy (non-hydrogen) atoms. The summed E-state index contributed by atoms with van der Waals surface area (Å²) in [5.41, 5.74) is 0.959. The molecule has 3 heterocycles. The minimum absolute atomic E-state index is 0.247. The summed E-state index contributed by atoms with van der Waals surface area (Å²) in [6.45, 7) is -1.19. The third kappa shape index (κ3) is 7.60. The lowest BCUT2D eigenvalue weighted by Crippen LogP contribution is -2.45. The number of anilines is 1. The van der Waals surface area contributed by atoms with Crippen LogP contribution < -0.4 is 10.6 Å². The second-order valence-electron chi connectivity index (χ2n) is 10.3. The van der Waals surface area contributed by atoms with Gasteiger partial charge in [-0.25, -0.2) is 26.6 Å². The number of rotatable bonds is 9. The number of halogens is 6. The van der Waals surface area contributed by atoms with Gasteiger partial charge in [-0.2, -0.15) is 17.5 Å². The molecule has 0 bridgehead atoms. The van der Waals surface area contributed by atoms with E-state index in [0.717, 1.165) is 42.0 Å². The molecule has 2 N–H and O–H groups in total. The van der Waals surface area contributed by atoms with Crippen molar-refractivity contribution in [1.82, 2.24) is 19.6 Å². The van der Waals surface area contributed by atoms with Crippen LogP contribution in [0.25, 0.3) is 11.3 Å². The predicted octanol–water partition coefficient (Wildman–Crippen LogP) is 5.63. The molecule has 1 fully saturated rings. The van der Waals surface area contributed by atoms with Crippen molar-refractivity contribution < 1.29 is 39.6 Å². The number of sulfonamides is 1. The third-order valence-electron chi connectivity index (χ3n) is 7.01. The van der Waals surface area contributed by atoms with Gasteiger partial charge in [0.25, 0.3) is 5.92 Å². The maximum absolute atomic E-state index is 14.5. The molecular formula is C30H25F6N5O3S. The standard InChI is InChI=1S/C30H25F6N5O3S/c31-23-7-9-24(10-8-23)45(43,44)41-18-29(32,33)14-26(41)28(42)39-17-20-12-25(21-3-5-22(6-4-21)30(34,35)36)40-27(13-20)38-16-19-2-1-11-37-15-19/h1-13,15,26H,14,16-18H2,(H,38,40)(H,39,42). The van der Waals surface area contributed by atoms with Crippen LogP contribution in [0.3, 0.4) is 0 Å². The number of hydrogen-bond acceptors (Lipinski definition) is 6. The van der Waals surface area contributed by atoms with Gasteiger partial charge in [-0.05, 0) is 65.7 Å². The van der Waals surface area contributed by atoms with Crippen LogP contribution in [-0.4, -0.2) is 47.1 Å². The lowest BCUT2D eigenvalue weighted by molar-refractivity contribution is -0.137. The first-order valence-electron chi connectivity index (χ1n) is 13.5. The lowest BCUT2D eigenvalue weighted by atomic mass is 10.1. The normalized spacial score (nSPS) is 16.8. The Kier molecular flexibility index (Phi) is 8.85. The quantitative estimate of drug-likeness (QED) is 0.228. The Morgan fingerprint density at radius 2 is 1.69 bits per heavy atom. The highest BCUT2D eigenvalue weighted by Crippen LogP contribution is 2.36. The first-order valence-corrected chi connectivity index (χ1v) is 14.9. The van der Waals surface area contributed by atoms with Crippen LogP contribution in [0, 0.1) is 5.82 Å². The molecule has 4 aromatic rings. The van der Waals surface area contributed by atoms with E-state index in [1.807, 2.05) is 6.07 Å². The molecule has 1 aliphatic heterocycles. The molecule has 1 unspecified atom stereocenters. The van der Waals surface area contributed by atoms with Gasteiger partial charge in [0.1, 0.15) is 17.7 Å². The van der Waals surface area contributed by atoms with Crippen LogP contribution in [0.5, 0.6) is 0 Å². The zero-order chi connectivity index (χ0) is 32.4. The van der Waals surface area contributed by atoms with Crippen LogP contribution in [0.2, 0.25) is 0 Å². The summed E-state index contributed by atoms with van der Waals surface area (Å²) in [5, 5.41) is 5.59. The Labute approximate surface area is 254 Å². The Hall–Kier alpha value is -4.50. The topological polar surface area (TPSA) is 104 Å². The van der Waals surface area contributed by atoms with Crippen molar-refractivity contribution in [2.24, 2.45) is 0 Å². The Morgan fingerprint density at radius 3 is 2.33 bits per heavy atom. The molecule has 1 amide bonds. The third-order valence-corrected chi connectivity index (χ3v) is 8.87. The molecule has 0 spiro atoms. The van der Waals surface area contributed by atoms with E-state index in [-0.39, 0.29) is 18.8 Å². The summed E-state index contributed by atoms with van der Waals surface area (Å²) >= 11 is 0. The highest BCUT2D eigenvalue weighted by atomic mass is 32.2. The summed E-state index contributed by atoms with van der Waals surface area (Å²) in [6.07, 6.45) is -2.38. The maximum Gasteiger partial charge on any atom is 0.416 e. The zero-order valence-electron chi connectivity index (χ0n) is 23.2. The van der Waals surface area contributed by atoms with Crippen LogP contribution in [0.1, 0.15) is 23.1 Å². The highest BCUT2D eigenvalue weighted by Gasteiger charge is 2.52. The van der Waals surface area contributed by atoms with E-state index in [4.69, 9.17) is 0 Å². The number of nitrogens with one attached hydrogen (secondary N) is 2. The largest absolute Gasteiger partial charge is 0.416 e. The van der Waals surface area contributed by atoms with Gasteiger partial charge in [0.05, 0.1) is 22.7 Å². The fraction of sp³-hybridized carbons (Fsp3) is 0.233. The van der Waals surface area contributed by atoms with Crippen LogP contribution in [-0.2, 0) is 34.1 Å². The minimum atomic E-state index is -4.58. The molecule has 2 aromatic carbocycles. The summed E-state index contributed by atoms with van der Waals surface area (Å²) in [4.78, 5) is 21.2. The van der Waals surface area contributed by atoms with Crippen molar-refractivity contribution in [2.45, 2.75) is 42.5 Å². The molecule has 15 heteroatoms. The predicted molar refractivity (Wildman–Crippen MR) is 152 cm³/mol. The van der Waals surface area contributed by atoms with E-state index in [1.165, 1.54) is 18.2 Å². The average Bonchev–Trinajstić information content (AvgIpc) is 3.35. The number of nitrogens with zero attached hydrogens (tertiary/aromatic N) is 3. The van der Waals surface area contributed by atoms with Crippen LogP contribution in [0.4, 0.5) is 32.2 Å². The van der Waals surface area contributed by atoms with E-state index < -0.39 is 63.3 Å². The Bertz CT molecular complexity index is 1770. The van der Waals surface area contributed by atoms with E-state index in [9.17, 15) is 39.6 Å². The molecule has 0 radical (unpaired) electrons. The molecule has 5 rings (SSSR count). The van der Waals surface area contributed by atoms with Crippen molar-refractivity contribution in [2.75, 3.05) is 11.9 Å². The number of alkyl halides is 5. The van der Waals surface area contributed by atoms with Crippen molar-refractivity contribution in [3.63, 3.8) is 0 Å². The fourth-order valence-corrected chi connectivity index (χ4v) is 6.38. The molecule has 2 aromatic heterocycles. The van der Waals surface area contributed by atoms with E-state index in [2.05, 4.69) is 20.6 Å². The average molecular weight is 650 g/mol.